The van der Waals surface area contributed by atoms with Crippen molar-refractivity contribution in [1.29, 1.82) is 0 Å². The molecule has 1 aromatic carbocycles. The van der Waals surface area contributed by atoms with Gasteiger partial charge in [-0.3, -0.25) is 4.90 Å². The molecule has 0 amide bonds. The van der Waals surface area contributed by atoms with E-state index >= 15 is 0 Å². The molecule has 2 aliphatic rings. The van der Waals surface area contributed by atoms with Crippen molar-refractivity contribution in [2.45, 2.75) is 57.5 Å². The van der Waals surface area contributed by atoms with E-state index in [1.807, 2.05) is 0 Å². The van der Waals surface area contributed by atoms with E-state index in [1.165, 1.54) is 38.5 Å². The fraction of sp³-hybridized carbons (Fsp3) is 0.667. The minimum atomic E-state index is 0.627. The van der Waals surface area contributed by atoms with E-state index in [-0.39, 0.29) is 0 Å². The van der Waals surface area contributed by atoms with Gasteiger partial charge in [-0.1, -0.05) is 37.6 Å². The Morgan fingerprint density at radius 3 is 2.80 bits per heavy atom. The largest absolute Gasteiger partial charge is 0.330 e. The predicted octanol–water partition coefficient (Wildman–Crippen LogP) is 3.51. The Kier molecular flexibility index (Phi) is 4.42. The Morgan fingerprint density at radius 1 is 1.15 bits per heavy atom. The number of hydrogen-bond acceptors (Lipinski definition) is 2. The third kappa shape index (κ3) is 2.51. The Labute approximate surface area is 123 Å². The van der Waals surface area contributed by atoms with Crippen LogP contribution >= 0.6 is 0 Å². The molecule has 110 valence electrons. The number of nitrogens with two attached hydrogens (primary N) is 1. The molecule has 1 aromatic rings. The van der Waals surface area contributed by atoms with Gasteiger partial charge < -0.3 is 5.73 Å². The summed E-state index contributed by atoms with van der Waals surface area (Å²) in [5.41, 5.74) is 9.17. The van der Waals surface area contributed by atoms with Crippen LogP contribution in [0.15, 0.2) is 24.3 Å². The van der Waals surface area contributed by atoms with Crippen LogP contribution in [0.5, 0.6) is 0 Å². The number of fused-ring (bicyclic) bond motifs is 1. The molecule has 3 atom stereocenters. The molecule has 3 rings (SSSR count). The van der Waals surface area contributed by atoms with Gasteiger partial charge in [-0.05, 0) is 62.2 Å². The summed E-state index contributed by atoms with van der Waals surface area (Å²) in [7, 11) is 0. The molecule has 1 fully saturated rings. The Hall–Kier alpha value is -0.860. The molecule has 0 saturated heterocycles. The van der Waals surface area contributed by atoms with E-state index in [0.717, 1.165) is 13.1 Å². The lowest BCUT2D eigenvalue weighted by molar-refractivity contribution is 0.102. The van der Waals surface area contributed by atoms with Gasteiger partial charge >= 0.3 is 0 Å². The summed E-state index contributed by atoms with van der Waals surface area (Å²) in [6, 6.07) is 10.4. The second-order valence-corrected chi connectivity index (χ2v) is 6.43. The van der Waals surface area contributed by atoms with Gasteiger partial charge in [0.15, 0.2) is 0 Å². The summed E-state index contributed by atoms with van der Waals surface area (Å²) in [6.07, 6.45) is 7.93. The van der Waals surface area contributed by atoms with Crippen LogP contribution in [0.1, 0.15) is 56.2 Å². The highest BCUT2D eigenvalue weighted by Crippen LogP contribution is 2.39. The second-order valence-electron chi connectivity index (χ2n) is 6.43. The first-order valence-electron chi connectivity index (χ1n) is 8.38. The smallest absolute Gasteiger partial charge is 0.0353 e. The monoisotopic (exact) mass is 272 g/mol. The van der Waals surface area contributed by atoms with Crippen LogP contribution < -0.4 is 5.73 Å². The van der Waals surface area contributed by atoms with Gasteiger partial charge in [0, 0.05) is 12.1 Å². The average molecular weight is 272 g/mol. The minimum absolute atomic E-state index is 0.627. The lowest BCUT2D eigenvalue weighted by atomic mass is 9.85. The van der Waals surface area contributed by atoms with Crippen molar-refractivity contribution in [3.05, 3.63) is 35.4 Å². The molecule has 2 nitrogen and oxygen atoms in total. The van der Waals surface area contributed by atoms with Gasteiger partial charge in [-0.15, -0.1) is 0 Å². The Balaban J connectivity index is 1.87. The maximum Gasteiger partial charge on any atom is 0.0353 e. The lowest BCUT2D eigenvalue weighted by Crippen LogP contribution is -2.43. The molecule has 0 heterocycles. The summed E-state index contributed by atoms with van der Waals surface area (Å²) < 4.78 is 0. The highest BCUT2D eigenvalue weighted by atomic mass is 15.2. The molecule has 0 aliphatic heterocycles. The zero-order chi connectivity index (χ0) is 13.9. The van der Waals surface area contributed by atoms with Crippen LogP contribution in [0.25, 0.3) is 0 Å². The molecule has 3 unspecified atom stereocenters. The molecule has 2 heteroatoms. The van der Waals surface area contributed by atoms with Gasteiger partial charge in [0.2, 0.25) is 0 Å². The lowest BCUT2D eigenvalue weighted by Gasteiger charge is -2.41. The molecule has 0 bridgehead atoms. The summed E-state index contributed by atoms with van der Waals surface area (Å²) in [4.78, 5) is 2.77. The van der Waals surface area contributed by atoms with Crippen LogP contribution in [-0.2, 0) is 6.42 Å². The van der Waals surface area contributed by atoms with Crippen LogP contribution in [-0.4, -0.2) is 24.0 Å². The summed E-state index contributed by atoms with van der Waals surface area (Å²) >= 11 is 0. The van der Waals surface area contributed by atoms with Crippen molar-refractivity contribution in [3.63, 3.8) is 0 Å². The molecule has 2 N–H and O–H groups in total. The highest BCUT2D eigenvalue weighted by molar-refractivity contribution is 5.32. The minimum Gasteiger partial charge on any atom is -0.330 e. The maximum absolute atomic E-state index is 6.01. The molecule has 20 heavy (non-hydrogen) atoms. The zero-order valence-corrected chi connectivity index (χ0v) is 12.7. The zero-order valence-electron chi connectivity index (χ0n) is 12.7. The van der Waals surface area contributed by atoms with Gasteiger partial charge in [-0.2, -0.15) is 0 Å². The average Bonchev–Trinajstić information content (AvgIpc) is 2.97. The summed E-state index contributed by atoms with van der Waals surface area (Å²) in [5.74, 6) is 0.712. The molecule has 0 radical (unpaired) electrons. The van der Waals surface area contributed by atoms with Crippen LogP contribution in [0, 0.1) is 5.92 Å². The van der Waals surface area contributed by atoms with E-state index < -0.39 is 0 Å². The van der Waals surface area contributed by atoms with E-state index in [1.54, 1.807) is 11.1 Å². The Morgan fingerprint density at radius 2 is 2.00 bits per heavy atom. The maximum atomic E-state index is 6.01. The van der Waals surface area contributed by atoms with Gasteiger partial charge in [0.1, 0.15) is 0 Å². The van der Waals surface area contributed by atoms with Gasteiger partial charge in [0.05, 0.1) is 0 Å². The SMILES string of the molecule is CCN(C1CCCc2ccccc21)C1CCCC1CN. The number of hydrogen-bond donors (Lipinski definition) is 1. The first-order chi connectivity index (χ1) is 9.85. The third-order valence-electron chi connectivity index (χ3n) is 5.45. The van der Waals surface area contributed by atoms with Crippen molar-refractivity contribution < 1.29 is 0 Å². The van der Waals surface area contributed by atoms with E-state index in [4.69, 9.17) is 5.73 Å². The van der Waals surface area contributed by atoms with E-state index in [2.05, 4.69) is 36.1 Å². The second kappa shape index (κ2) is 6.28. The fourth-order valence-corrected chi connectivity index (χ4v) is 4.49. The van der Waals surface area contributed by atoms with E-state index in [9.17, 15) is 0 Å². The molecule has 2 aliphatic carbocycles. The van der Waals surface area contributed by atoms with Crippen molar-refractivity contribution in [3.8, 4) is 0 Å². The summed E-state index contributed by atoms with van der Waals surface area (Å²) in [5, 5.41) is 0. The van der Waals surface area contributed by atoms with Crippen molar-refractivity contribution in [1.82, 2.24) is 4.90 Å². The molecular weight excluding hydrogens is 244 g/mol. The fourth-order valence-electron chi connectivity index (χ4n) is 4.49. The summed E-state index contributed by atoms with van der Waals surface area (Å²) in [6.45, 7) is 4.33. The number of rotatable bonds is 4. The van der Waals surface area contributed by atoms with Gasteiger partial charge in [-0.25, -0.2) is 0 Å². The normalized spacial score (nSPS) is 29.6. The molecule has 1 saturated carbocycles. The van der Waals surface area contributed by atoms with Crippen LogP contribution in [0.2, 0.25) is 0 Å². The standard InChI is InChI=1S/C18H28N2/c1-2-20(17-11-6-9-15(17)13-19)18-12-5-8-14-7-3-4-10-16(14)18/h3-4,7,10,15,17-18H,2,5-6,8-9,11-13,19H2,1H3. The van der Waals surface area contributed by atoms with Crippen molar-refractivity contribution >= 4 is 0 Å². The number of benzene rings is 1. The number of aryl methyl sites for hydroxylation is 1. The van der Waals surface area contributed by atoms with Crippen LogP contribution in [0.4, 0.5) is 0 Å². The van der Waals surface area contributed by atoms with Crippen molar-refractivity contribution in [2.24, 2.45) is 11.7 Å². The van der Waals surface area contributed by atoms with Crippen LogP contribution in [0.3, 0.4) is 0 Å². The quantitative estimate of drug-likeness (QED) is 0.909. The Bertz CT molecular complexity index is 443. The third-order valence-corrected chi connectivity index (χ3v) is 5.45. The number of nitrogens with zero attached hydrogens (tertiary/aromatic N) is 1. The first kappa shape index (κ1) is 14.1. The molecule has 0 spiro atoms. The topological polar surface area (TPSA) is 29.3 Å². The molecule has 0 aromatic heterocycles. The predicted molar refractivity (Wildman–Crippen MR) is 84.7 cm³/mol. The van der Waals surface area contributed by atoms with E-state index in [0.29, 0.717) is 18.0 Å². The van der Waals surface area contributed by atoms with Crippen molar-refractivity contribution in [2.75, 3.05) is 13.1 Å². The molecular formula is C18H28N2. The van der Waals surface area contributed by atoms with Gasteiger partial charge in [0.25, 0.3) is 0 Å². The highest BCUT2D eigenvalue weighted by Gasteiger charge is 2.35. The first-order valence-corrected chi connectivity index (χ1v) is 8.38.